The first-order valence-corrected chi connectivity index (χ1v) is 9.40. The summed E-state index contributed by atoms with van der Waals surface area (Å²) >= 11 is 0. The van der Waals surface area contributed by atoms with Gasteiger partial charge in [0.05, 0.1) is 4.92 Å². The van der Waals surface area contributed by atoms with Gasteiger partial charge in [-0.25, -0.2) is 17.5 Å². The SMILES string of the molecule is CC(C)c1ccc(C(N)CNS(=O)(=O)c2c(F)cccc2[N+](=O)[O-])cc1.Cl. The summed E-state index contributed by atoms with van der Waals surface area (Å²) < 4.78 is 40.8. The van der Waals surface area contributed by atoms with Crippen LogP contribution in [0, 0.1) is 15.9 Å². The molecule has 0 bridgehead atoms. The maximum absolute atomic E-state index is 13.9. The number of nitro benzene ring substituents is 1. The lowest BCUT2D eigenvalue weighted by Crippen LogP contribution is -2.32. The Morgan fingerprint density at radius 1 is 1.15 bits per heavy atom. The predicted molar refractivity (Wildman–Crippen MR) is 103 cm³/mol. The number of hydrogen-bond donors (Lipinski definition) is 2. The second-order valence-electron chi connectivity index (χ2n) is 6.12. The summed E-state index contributed by atoms with van der Waals surface area (Å²) in [5.41, 5.74) is 6.97. The van der Waals surface area contributed by atoms with E-state index >= 15 is 0 Å². The van der Waals surface area contributed by atoms with Crippen LogP contribution in [0.15, 0.2) is 47.4 Å². The molecule has 0 aliphatic rings. The second kappa shape index (κ2) is 9.23. The number of rotatable bonds is 7. The van der Waals surface area contributed by atoms with Crippen molar-refractivity contribution >= 4 is 28.1 Å². The van der Waals surface area contributed by atoms with Gasteiger partial charge in [-0.15, -0.1) is 12.4 Å². The molecule has 0 fully saturated rings. The van der Waals surface area contributed by atoms with Gasteiger partial charge in [0.2, 0.25) is 10.0 Å². The van der Waals surface area contributed by atoms with Crippen LogP contribution in [0.3, 0.4) is 0 Å². The standard InChI is InChI=1S/C17H20FN3O4S.ClH/c1-11(2)12-6-8-13(9-7-12)15(19)10-20-26(24,25)17-14(18)4-3-5-16(17)21(22)23;/h3-9,11,15,20H,10,19H2,1-2H3;1H. The normalized spacial score (nSPS) is 12.5. The van der Waals surface area contributed by atoms with E-state index < -0.39 is 37.4 Å². The van der Waals surface area contributed by atoms with Crippen LogP contribution in [0.2, 0.25) is 0 Å². The molecule has 0 heterocycles. The molecule has 7 nitrogen and oxygen atoms in total. The average Bonchev–Trinajstić information content (AvgIpc) is 2.59. The van der Waals surface area contributed by atoms with Gasteiger partial charge in [-0.05, 0) is 23.1 Å². The van der Waals surface area contributed by atoms with E-state index in [9.17, 15) is 22.9 Å². The Balaban J connectivity index is 0.00000364. The van der Waals surface area contributed by atoms with Crippen molar-refractivity contribution in [3.05, 3.63) is 69.5 Å². The second-order valence-corrected chi connectivity index (χ2v) is 7.83. The lowest BCUT2D eigenvalue weighted by atomic mass is 9.99. The van der Waals surface area contributed by atoms with Crippen LogP contribution in [-0.4, -0.2) is 19.9 Å². The number of nitrogens with zero attached hydrogens (tertiary/aromatic N) is 1. The summed E-state index contributed by atoms with van der Waals surface area (Å²) in [6.07, 6.45) is 0. The van der Waals surface area contributed by atoms with E-state index in [0.717, 1.165) is 23.8 Å². The Morgan fingerprint density at radius 3 is 2.22 bits per heavy atom. The highest BCUT2D eigenvalue weighted by atomic mass is 35.5. The van der Waals surface area contributed by atoms with Crippen LogP contribution in [0.1, 0.15) is 36.9 Å². The molecule has 0 aliphatic carbocycles. The number of nitro groups is 1. The fraction of sp³-hybridized carbons (Fsp3) is 0.294. The fourth-order valence-corrected chi connectivity index (χ4v) is 3.71. The zero-order valence-electron chi connectivity index (χ0n) is 14.8. The van der Waals surface area contributed by atoms with Gasteiger partial charge < -0.3 is 5.73 Å². The Labute approximate surface area is 163 Å². The van der Waals surface area contributed by atoms with Gasteiger partial charge in [0.25, 0.3) is 5.69 Å². The number of hydrogen-bond acceptors (Lipinski definition) is 5. The van der Waals surface area contributed by atoms with Crippen molar-refractivity contribution < 1.29 is 17.7 Å². The molecule has 0 aromatic heterocycles. The fourth-order valence-electron chi connectivity index (χ4n) is 2.42. The highest BCUT2D eigenvalue weighted by Crippen LogP contribution is 2.26. The summed E-state index contributed by atoms with van der Waals surface area (Å²) in [6, 6.07) is 9.56. The first-order valence-electron chi connectivity index (χ1n) is 7.91. The number of halogens is 2. The van der Waals surface area contributed by atoms with Crippen molar-refractivity contribution in [1.29, 1.82) is 0 Å². The van der Waals surface area contributed by atoms with E-state index in [-0.39, 0.29) is 19.0 Å². The summed E-state index contributed by atoms with van der Waals surface area (Å²) in [5.74, 6) is -0.845. The van der Waals surface area contributed by atoms with Crippen LogP contribution >= 0.6 is 12.4 Å². The van der Waals surface area contributed by atoms with Gasteiger partial charge in [0.1, 0.15) is 5.82 Å². The number of nitrogens with one attached hydrogen (secondary N) is 1. The van der Waals surface area contributed by atoms with Crippen LogP contribution in [0.5, 0.6) is 0 Å². The van der Waals surface area contributed by atoms with Crippen molar-refractivity contribution in [2.75, 3.05) is 6.54 Å². The van der Waals surface area contributed by atoms with Crippen molar-refractivity contribution in [1.82, 2.24) is 4.72 Å². The molecule has 148 valence electrons. The minimum Gasteiger partial charge on any atom is -0.323 e. The molecule has 2 aromatic carbocycles. The third-order valence-corrected chi connectivity index (χ3v) is 5.42. The number of benzene rings is 2. The first-order chi connectivity index (χ1) is 12.1. The molecular weight excluding hydrogens is 397 g/mol. The van der Waals surface area contributed by atoms with Crippen LogP contribution < -0.4 is 10.5 Å². The Kier molecular flexibility index (Phi) is 7.85. The van der Waals surface area contributed by atoms with Crippen LogP contribution in [0.4, 0.5) is 10.1 Å². The molecule has 0 radical (unpaired) electrons. The molecule has 0 saturated carbocycles. The summed E-state index contributed by atoms with van der Waals surface area (Å²) in [7, 11) is -4.44. The summed E-state index contributed by atoms with van der Waals surface area (Å²) in [4.78, 5) is 9.05. The molecular formula is C17H21ClFN3O4S. The molecule has 1 atom stereocenters. The van der Waals surface area contributed by atoms with Crippen LogP contribution in [-0.2, 0) is 10.0 Å². The zero-order valence-corrected chi connectivity index (χ0v) is 16.4. The molecule has 0 aliphatic heterocycles. The summed E-state index contributed by atoms with van der Waals surface area (Å²) in [6.45, 7) is 3.86. The molecule has 2 aromatic rings. The topological polar surface area (TPSA) is 115 Å². The third-order valence-electron chi connectivity index (χ3n) is 3.94. The lowest BCUT2D eigenvalue weighted by molar-refractivity contribution is -0.388. The van der Waals surface area contributed by atoms with Crippen molar-refractivity contribution in [2.24, 2.45) is 5.73 Å². The quantitative estimate of drug-likeness (QED) is 0.530. The average molecular weight is 418 g/mol. The van der Waals surface area contributed by atoms with E-state index in [1.165, 1.54) is 0 Å². The molecule has 3 N–H and O–H groups in total. The maximum atomic E-state index is 13.9. The Hall–Kier alpha value is -2.07. The van der Waals surface area contributed by atoms with E-state index in [0.29, 0.717) is 11.5 Å². The van der Waals surface area contributed by atoms with Crippen molar-refractivity contribution in [3.63, 3.8) is 0 Å². The molecule has 0 amide bonds. The molecule has 10 heteroatoms. The maximum Gasteiger partial charge on any atom is 0.292 e. The zero-order chi connectivity index (χ0) is 19.5. The van der Waals surface area contributed by atoms with Crippen LogP contribution in [0.25, 0.3) is 0 Å². The molecule has 1 unspecified atom stereocenters. The molecule has 0 saturated heterocycles. The lowest BCUT2D eigenvalue weighted by Gasteiger charge is -2.15. The van der Waals surface area contributed by atoms with Crippen molar-refractivity contribution in [3.8, 4) is 0 Å². The third kappa shape index (κ3) is 5.46. The van der Waals surface area contributed by atoms with Gasteiger partial charge in [-0.1, -0.05) is 44.2 Å². The Bertz CT molecular complexity index is 905. The van der Waals surface area contributed by atoms with E-state index in [4.69, 9.17) is 5.73 Å². The van der Waals surface area contributed by atoms with Crippen molar-refractivity contribution in [2.45, 2.75) is 30.7 Å². The van der Waals surface area contributed by atoms with E-state index in [1.54, 1.807) is 12.1 Å². The van der Waals surface area contributed by atoms with Gasteiger partial charge in [-0.3, -0.25) is 10.1 Å². The van der Waals surface area contributed by atoms with Gasteiger partial charge in [0, 0.05) is 18.7 Å². The van der Waals surface area contributed by atoms with E-state index in [2.05, 4.69) is 4.72 Å². The number of nitrogens with two attached hydrogens (primary N) is 1. The molecule has 2 rings (SSSR count). The summed E-state index contributed by atoms with van der Waals surface area (Å²) in [5, 5.41) is 11.0. The molecule has 27 heavy (non-hydrogen) atoms. The largest absolute Gasteiger partial charge is 0.323 e. The highest BCUT2D eigenvalue weighted by molar-refractivity contribution is 7.89. The monoisotopic (exact) mass is 417 g/mol. The van der Waals surface area contributed by atoms with E-state index in [1.807, 2.05) is 26.0 Å². The van der Waals surface area contributed by atoms with Gasteiger partial charge in [-0.2, -0.15) is 0 Å². The van der Waals surface area contributed by atoms with Gasteiger partial charge in [0.15, 0.2) is 4.90 Å². The predicted octanol–water partition coefficient (Wildman–Crippen LogP) is 3.26. The van der Waals surface area contributed by atoms with Gasteiger partial charge >= 0.3 is 0 Å². The minimum atomic E-state index is -4.44. The minimum absolute atomic E-state index is 0. The first kappa shape index (κ1) is 23.0. The Morgan fingerprint density at radius 2 is 1.70 bits per heavy atom. The number of sulfonamides is 1. The molecule has 0 spiro atoms. The highest BCUT2D eigenvalue weighted by Gasteiger charge is 2.30. The smallest absolute Gasteiger partial charge is 0.292 e.